The van der Waals surface area contributed by atoms with E-state index in [9.17, 15) is 0 Å². The molecule has 0 spiro atoms. The van der Waals surface area contributed by atoms with Crippen LogP contribution in [0.1, 0.15) is 20.3 Å². The van der Waals surface area contributed by atoms with Crippen molar-refractivity contribution in [3.63, 3.8) is 0 Å². The largest absolute Gasteiger partial charge is 0.484 e. The van der Waals surface area contributed by atoms with E-state index in [2.05, 4.69) is 0 Å². The summed E-state index contributed by atoms with van der Waals surface area (Å²) in [6.07, 6.45) is 10.3. The molecular weight excluding hydrogens is 353 g/mol. The van der Waals surface area contributed by atoms with Gasteiger partial charge in [-0.15, -0.1) is 0 Å². The van der Waals surface area contributed by atoms with Gasteiger partial charge >= 0.3 is 0 Å². The summed E-state index contributed by atoms with van der Waals surface area (Å²) in [5.41, 5.74) is 1.06. The number of halogens is 1. The van der Waals surface area contributed by atoms with Gasteiger partial charge in [-0.3, -0.25) is 10.8 Å². The third-order valence-electron chi connectivity index (χ3n) is 2.68. The molecule has 0 amide bonds. The van der Waals surface area contributed by atoms with Crippen LogP contribution in [0.25, 0.3) is 0 Å². The monoisotopic (exact) mass is 375 g/mol. The molecule has 0 radical (unpaired) electrons. The molecule has 1 unspecified atom stereocenters. The highest BCUT2D eigenvalue weighted by atomic mass is 127. The lowest BCUT2D eigenvalue weighted by Gasteiger charge is -2.14. The first kappa shape index (κ1) is 17.9. The minimum absolute atomic E-state index is 0.0254. The predicted octanol–water partition coefficient (Wildman–Crippen LogP) is 3.95. The number of methoxy groups -OCH3 is 1. The maximum atomic E-state index is 7.64. The molecule has 0 aromatic rings. The van der Waals surface area contributed by atoms with Crippen LogP contribution < -0.4 is 0 Å². The fourth-order valence-corrected chi connectivity index (χ4v) is 1.46. The van der Waals surface area contributed by atoms with E-state index >= 15 is 0 Å². The summed E-state index contributed by atoms with van der Waals surface area (Å²) in [6.45, 7) is 4.02. The van der Waals surface area contributed by atoms with Gasteiger partial charge in [-0.2, -0.15) is 0 Å². The zero-order valence-corrected chi connectivity index (χ0v) is 14.1. The van der Waals surface area contributed by atoms with Gasteiger partial charge in [0.2, 0.25) is 0 Å². The molecule has 0 saturated carbocycles. The molecule has 0 rings (SSSR count). The van der Waals surface area contributed by atoms with Gasteiger partial charge in [0.25, 0.3) is 0 Å². The van der Waals surface area contributed by atoms with Crippen molar-refractivity contribution in [1.29, 1.82) is 10.8 Å². The van der Waals surface area contributed by atoms with E-state index in [4.69, 9.17) is 15.6 Å². The van der Waals surface area contributed by atoms with Gasteiger partial charge in [-0.25, -0.2) is 0 Å². The lowest BCUT2D eigenvalue weighted by atomic mass is 10.1. The lowest BCUT2D eigenvalue weighted by molar-refractivity contribution is 0.371. The number of rotatable bonds is 7. The average molecular weight is 375 g/mol. The topological polar surface area (TPSA) is 60.2 Å². The molecule has 1 atom stereocenters. The van der Waals surface area contributed by atoms with E-state index < -0.39 is 0 Å². The molecule has 0 aromatic carbocycles. The second-order valence-electron chi connectivity index (χ2n) is 4.05. The molecule has 0 aromatic heterocycles. The fourth-order valence-electron chi connectivity index (χ4n) is 1.30. The van der Waals surface area contributed by atoms with Crippen molar-refractivity contribution in [3.05, 3.63) is 36.2 Å². The van der Waals surface area contributed by atoms with Crippen LogP contribution in [0.5, 0.6) is 0 Å². The SMILES string of the molecule is CCC(/C=C\C=C(/C)N(C)/C=C\C(=N)I)C(=N)OC. The molecule has 5 heteroatoms. The van der Waals surface area contributed by atoms with E-state index in [0.29, 0.717) is 3.72 Å². The number of nitrogens with zero attached hydrogens (tertiary/aromatic N) is 1. The molecule has 0 aliphatic heterocycles. The van der Waals surface area contributed by atoms with Gasteiger partial charge in [0.1, 0.15) is 0 Å². The summed E-state index contributed by atoms with van der Waals surface area (Å²) in [7, 11) is 3.46. The number of ether oxygens (including phenoxy) is 1. The van der Waals surface area contributed by atoms with Crippen LogP contribution in [0.3, 0.4) is 0 Å². The Bertz CT molecular complexity index is 399. The second-order valence-corrected chi connectivity index (χ2v) is 5.21. The van der Waals surface area contributed by atoms with Crippen molar-refractivity contribution in [1.82, 2.24) is 4.90 Å². The quantitative estimate of drug-likeness (QED) is 0.306. The number of hydrogen-bond acceptors (Lipinski definition) is 4. The van der Waals surface area contributed by atoms with E-state index in [1.807, 2.05) is 72.8 Å². The van der Waals surface area contributed by atoms with Gasteiger partial charge in [-0.1, -0.05) is 19.1 Å². The van der Waals surface area contributed by atoms with Crippen LogP contribution in [-0.2, 0) is 4.74 Å². The molecule has 4 nitrogen and oxygen atoms in total. The van der Waals surface area contributed by atoms with Gasteiger partial charge in [0.15, 0.2) is 5.90 Å². The van der Waals surface area contributed by atoms with Crippen molar-refractivity contribution in [2.75, 3.05) is 14.2 Å². The van der Waals surface area contributed by atoms with Gasteiger partial charge in [-0.05, 0) is 48.1 Å². The Hall–Kier alpha value is -1.11. The summed E-state index contributed by atoms with van der Waals surface area (Å²) in [5.74, 6) is 0.314. The molecule has 0 saturated heterocycles. The Kier molecular flexibility index (Phi) is 9.20. The third-order valence-corrected chi connectivity index (χ3v) is 3.04. The maximum Gasteiger partial charge on any atom is 0.187 e. The smallest absolute Gasteiger partial charge is 0.187 e. The summed E-state index contributed by atoms with van der Waals surface area (Å²) in [4.78, 5) is 1.94. The third kappa shape index (κ3) is 7.81. The molecular formula is C14H22IN3O. The highest BCUT2D eigenvalue weighted by Gasteiger charge is 2.07. The summed E-state index contributed by atoms with van der Waals surface area (Å²) >= 11 is 1.95. The summed E-state index contributed by atoms with van der Waals surface area (Å²) in [6, 6.07) is 0. The zero-order chi connectivity index (χ0) is 14.8. The van der Waals surface area contributed by atoms with E-state index in [0.717, 1.165) is 12.1 Å². The summed E-state index contributed by atoms with van der Waals surface area (Å²) < 4.78 is 5.43. The minimum Gasteiger partial charge on any atom is -0.484 e. The van der Waals surface area contributed by atoms with E-state index in [1.165, 1.54) is 7.11 Å². The second kappa shape index (κ2) is 9.77. The van der Waals surface area contributed by atoms with Crippen LogP contribution in [0.2, 0.25) is 0 Å². The number of allylic oxidation sites excluding steroid dienone is 4. The van der Waals surface area contributed by atoms with Crippen LogP contribution in [0.15, 0.2) is 36.2 Å². The zero-order valence-electron chi connectivity index (χ0n) is 11.9. The first-order valence-electron chi connectivity index (χ1n) is 6.05. The fraction of sp³-hybridized carbons (Fsp3) is 0.429. The van der Waals surface area contributed by atoms with Crippen molar-refractivity contribution >= 4 is 32.2 Å². The van der Waals surface area contributed by atoms with Gasteiger partial charge < -0.3 is 9.64 Å². The standard InChI is InChI=1S/C14H22IN3O/c1-5-12(14(17)19-4)8-6-7-11(2)18(3)10-9-13(15)16/h6-10,12,16-17H,5H2,1-4H3/b8-6-,10-9-,11-7+,16-13?,17-14?. The van der Waals surface area contributed by atoms with Crippen molar-refractivity contribution in [2.45, 2.75) is 20.3 Å². The van der Waals surface area contributed by atoms with Crippen LogP contribution in [0, 0.1) is 16.7 Å². The van der Waals surface area contributed by atoms with Gasteiger partial charge in [0.05, 0.1) is 16.7 Å². The van der Waals surface area contributed by atoms with E-state index in [1.54, 1.807) is 6.08 Å². The number of nitrogens with one attached hydrogen (secondary N) is 2. The highest BCUT2D eigenvalue weighted by molar-refractivity contribution is 14.1. The average Bonchev–Trinajstić information content (AvgIpc) is 2.39. The van der Waals surface area contributed by atoms with Gasteiger partial charge in [0, 0.05) is 18.9 Å². The molecule has 0 heterocycles. The van der Waals surface area contributed by atoms with Crippen molar-refractivity contribution in [2.24, 2.45) is 5.92 Å². The highest BCUT2D eigenvalue weighted by Crippen LogP contribution is 2.08. The Balaban J connectivity index is 4.60. The first-order chi connectivity index (χ1) is 8.92. The molecule has 0 aliphatic rings. The minimum atomic E-state index is 0.0254. The number of hydrogen-bond donors (Lipinski definition) is 2. The van der Waals surface area contributed by atoms with Crippen molar-refractivity contribution < 1.29 is 4.74 Å². The molecule has 106 valence electrons. The van der Waals surface area contributed by atoms with Crippen LogP contribution in [0.4, 0.5) is 0 Å². The Morgan fingerprint density at radius 2 is 2.05 bits per heavy atom. The molecule has 19 heavy (non-hydrogen) atoms. The lowest BCUT2D eigenvalue weighted by Crippen LogP contribution is -2.11. The van der Waals surface area contributed by atoms with Crippen molar-refractivity contribution in [3.8, 4) is 0 Å². The summed E-state index contributed by atoms with van der Waals surface area (Å²) in [5, 5.41) is 15.0. The normalized spacial score (nSPS) is 13.8. The molecule has 0 bridgehead atoms. The maximum absolute atomic E-state index is 7.64. The molecule has 2 N–H and O–H groups in total. The molecule has 0 fully saturated rings. The first-order valence-corrected chi connectivity index (χ1v) is 7.12. The Labute approximate surface area is 129 Å². The molecule has 0 aliphatic carbocycles. The van der Waals surface area contributed by atoms with Crippen LogP contribution >= 0.6 is 22.6 Å². The van der Waals surface area contributed by atoms with E-state index in [-0.39, 0.29) is 11.8 Å². The Morgan fingerprint density at radius 3 is 2.53 bits per heavy atom. The Morgan fingerprint density at radius 1 is 1.42 bits per heavy atom. The van der Waals surface area contributed by atoms with Crippen LogP contribution in [-0.4, -0.2) is 28.7 Å². The predicted molar refractivity (Wildman–Crippen MR) is 90.1 cm³/mol.